The zero-order chi connectivity index (χ0) is 22.5. The molecule has 0 saturated heterocycles. The Bertz CT molecular complexity index is 1160. The lowest BCUT2D eigenvalue weighted by Crippen LogP contribution is -2.06. The van der Waals surface area contributed by atoms with Gasteiger partial charge in [0.15, 0.2) is 0 Å². The lowest BCUT2D eigenvalue weighted by molar-refractivity contribution is 0.256. The van der Waals surface area contributed by atoms with Crippen LogP contribution in [0.1, 0.15) is 25.8 Å². The Morgan fingerprint density at radius 1 is 0.688 bits per heavy atom. The molecule has 0 aliphatic rings. The van der Waals surface area contributed by atoms with Gasteiger partial charge in [-0.3, -0.25) is 0 Å². The van der Waals surface area contributed by atoms with Gasteiger partial charge in [0.1, 0.15) is 5.75 Å². The monoisotopic (exact) mass is 421 g/mol. The molecule has 0 unspecified atom stereocenters. The highest BCUT2D eigenvalue weighted by molar-refractivity contribution is 5.75. The van der Waals surface area contributed by atoms with E-state index in [-0.39, 0.29) is 0 Å². The van der Waals surface area contributed by atoms with E-state index in [1.807, 2.05) is 12.1 Å². The van der Waals surface area contributed by atoms with Gasteiger partial charge in [-0.05, 0) is 76.1 Å². The van der Waals surface area contributed by atoms with E-state index < -0.39 is 0 Å². The summed E-state index contributed by atoms with van der Waals surface area (Å²) in [5.74, 6) is 1.51. The van der Waals surface area contributed by atoms with Crippen molar-refractivity contribution in [1.82, 2.24) is 0 Å². The Labute approximate surface area is 191 Å². The Morgan fingerprint density at radius 2 is 1.19 bits per heavy atom. The SMILES string of the molecule is CC[C@@H](C)COc1ccc(-c2ccc(-c3ccc(-c4ccc(N)cc4)cc3)cc2C)cc1. The van der Waals surface area contributed by atoms with Gasteiger partial charge in [-0.25, -0.2) is 0 Å². The first-order valence-electron chi connectivity index (χ1n) is 11.3. The van der Waals surface area contributed by atoms with Gasteiger partial charge in [0.05, 0.1) is 6.61 Å². The summed E-state index contributed by atoms with van der Waals surface area (Å²) >= 11 is 0. The molecule has 4 rings (SSSR count). The van der Waals surface area contributed by atoms with E-state index in [2.05, 4.69) is 99.6 Å². The minimum absolute atomic E-state index is 0.574. The molecule has 0 aliphatic heterocycles. The van der Waals surface area contributed by atoms with Gasteiger partial charge < -0.3 is 10.5 Å². The molecule has 0 amide bonds. The second-order valence-electron chi connectivity index (χ2n) is 8.58. The van der Waals surface area contributed by atoms with Crippen molar-refractivity contribution < 1.29 is 4.74 Å². The second kappa shape index (κ2) is 9.74. The zero-order valence-electron chi connectivity index (χ0n) is 19.1. The predicted molar refractivity (Wildman–Crippen MR) is 137 cm³/mol. The molecule has 0 heterocycles. The number of benzene rings is 4. The summed E-state index contributed by atoms with van der Waals surface area (Å²) < 4.78 is 5.90. The first kappa shape index (κ1) is 21.7. The van der Waals surface area contributed by atoms with Crippen LogP contribution in [0.2, 0.25) is 0 Å². The summed E-state index contributed by atoms with van der Waals surface area (Å²) in [6.45, 7) is 7.35. The third-order valence-corrected chi connectivity index (χ3v) is 6.09. The summed E-state index contributed by atoms with van der Waals surface area (Å²) in [6.07, 6.45) is 1.13. The van der Waals surface area contributed by atoms with E-state index in [0.717, 1.165) is 24.5 Å². The molecule has 2 heteroatoms. The number of rotatable bonds is 7. The molecule has 0 fully saturated rings. The maximum Gasteiger partial charge on any atom is 0.119 e. The summed E-state index contributed by atoms with van der Waals surface area (Å²) in [4.78, 5) is 0. The third-order valence-electron chi connectivity index (χ3n) is 6.09. The molecule has 162 valence electrons. The van der Waals surface area contributed by atoms with Gasteiger partial charge in [0.25, 0.3) is 0 Å². The van der Waals surface area contributed by atoms with Crippen molar-refractivity contribution in [2.24, 2.45) is 5.92 Å². The molecule has 0 spiro atoms. The highest BCUT2D eigenvalue weighted by atomic mass is 16.5. The number of aryl methyl sites for hydroxylation is 1. The number of hydrogen-bond acceptors (Lipinski definition) is 2. The Kier molecular flexibility index (Phi) is 6.61. The summed E-state index contributed by atoms with van der Waals surface area (Å²) in [5.41, 5.74) is 15.1. The molecule has 0 radical (unpaired) electrons. The van der Waals surface area contributed by atoms with Gasteiger partial charge in [0, 0.05) is 5.69 Å². The highest BCUT2D eigenvalue weighted by Gasteiger charge is 2.07. The van der Waals surface area contributed by atoms with Crippen molar-refractivity contribution in [2.75, 3.05) is 12.3 Å². The lowest BCUT2D eigenvalue weighted by Gasteiger charge is -2.13. The minimum atomic E-state index is 0.574. The van der Waals surface area contributed by atoms with Crippen LogP contribution in [0.5, 0.6) is 5.75 Å². The predicted octanol–water partition coefficient (Wildman–Crippen LogP) is 8.00. The molecule has 0 bridgehead atoms. The lowest BCUT2D eigenvalue weighted by atomic mass is 9.95. The van der Waals surface area contributed by atoms with Crippen molar-refractivity contribution in [3.63, 3.8) is 0 Å². The highest BCUT2D eigenvalue weighted by Crippen LogP contribution is 2.31. The molecule has 0 aliphatic carbocycles. The number of nitrogen functional groups attached to an aromatic ring is 1. The molecule has 1 atom stereocenters. The summed E-state index contributed by atoms with van der Waals surface area (Å²) in [7, 11) is 0. The van der Waals surface area contributed by atoms with Gasteiger partial charge in [0.2, 0.25) is 0 Å². The maximum absolute atomic E-state index is 5.90. The van der Waals surface area contributed by atoms with E-state index in [1.54, 1.807) is 0 Å². The standard InChI is InChI=1S/C30H31NO/c1-4-21(2)20-32-29-16-11-26(12-17-29)30-18-13-27(19-22(30)3)25-7-5-23(6-8-25)24-9-14-28(31)15-10-24/h5-19,21H,4,20,31H2,1-3H3/t21-/m1/s1. The normalized spacial score (nSPS) is 11.8. The fourth-order valence-electron chi connectivity index (χ4n) is 3.78. The molecular formula is C30H31NO. The van der Waals surface area contributed by atoms with Crippen LogP contribution < -0.4 is 10.5 Å². The Hall–Kier alpha value is -3.52. The number of anilines is 1. The van der Waals surface area contributed by atoms with Crippen LogP contribution in [0.15, 0.2) is 91.0 Å². The quantitative estimate of drug-likeness (QED) is 0.307. The van der Waals surface area contributed by atoms with Crippen LogP contribution in [0.4, 0.5) is 5.69 Å². The van der Waals surface area contributed by atoms with E-state index in [1.165, 1.54) is 38.9 Å². The third kappa shape index (κ3) is 5.03. The van der Waals surface area contributed by atoms with Gasteiger partial charge in [-0.2, -0.15) is 0 Å². The molecule has 0 saturated carbocycles. The van der Waals surface area contributed by atoms with Gasteiger partial charge >= 0.3 is 0 Å². The average Bonchev–Trinajstić information content (AvgIpc) is 2.83. The topological polar surface area (TPSA) is 35.2 Å². The second-order valence-corrected chi connectivity index (χ2v) is 8.58. The van der Waals surface area contributed by atoms with Gasteiger partial charge in [-0.15, -0.1) is 0 Å². The zero-order valence-corrected chi connectivity index (χ0v) is 19.1. The fourth-order valence-corrected chi connectivity index (χ4v) is 3.78. The molecule has 0 aromatic heterocycles. The first-order chi connectivity index (χ1) is 15.5. The van der Waals surface area contributed by atoms with E-state index in [9.17, 15) is 0 Å². The van der Waals surface area contributed by atoms with Gasteiger partial charge in [-0.1, -0.05) is 87.0 Å². The molecule has 2 N–H and O–H groups in total. The van der Waals surface area contributed by atoms with Crippen LogP contribution in [0.3, 0.4) is 0 Å². The van der Waals surface area contributed by atoms with Crippen molar-refractivity contribution in [1.29, 1.82) is 0 Å². The van der Waals surface area contributed by atoms with E-state index in [4.69, 9.17) is 10.5 Å². The Morgan fingerprint density at radius 3 is 1.75 bits per heavy atom. The Balaban J connectivity index is 1.50. The summed E-state index contributed by atoms with van der Waals surface area (Å²) in [5, 5.41) is 0. The number of ether oxygens (including phenoxy) is 1. The van der Waals surface area contributed by atoms with Crippen LogP contribution in [0.25, 0.3) is 33.4 Å². The smallest absolute Gasteiger partial charge is 0.119 e. The minimum Gasteiger partial charge on any atom is -0.493 e. The van der Waals surface area contributed by atoms with Crippen LogP contribution in [-0.2, 0) is 0 Å². The van der Waals surface area contributed by atoms with Crippen molar-refractivity contribution >= 4 is 5.69 Å². The number of hydrogen-bond donors (Lipinski definition) is 1. The van der Waals surface area contributed by atoms with E-state index >= 15 is 0 Å². The van der Waals surface area contributed by atoms with Crippen LogP contribution >= 0.6 is 0 Å². The molecule has 2 nitrogen and oxygen atoms in total. The molecule has 4 aromatic carbocycles. The maximum atomic E-state index is 5.90. The van der Waals surface area contributed by atoms with Crippen molar-refractivity contribution in [3.8, 4) is 39.1 Å². The first-order valence-corrected chi connectivity index (χ1v) is 11.3. The largest absolute Gasteiger partial charge is 0.493 e. The molecular weight excluding hydrogens is 390 g/mol. The van der Waals surface area contributed by atoms with Crippen molar-refractivity contribution in [2.45, 2.75) is 27.2 Å². The van der Waals surface area contributed by atoms with E-state index in [0.29, 0.717) is 5.92 Å². The molecule has 4 aromatic rings. The average molecular weight is 422 g/mol. The van der Waals surface area contributed by atoms with Crippen LogP contribution in [-0.4, -0.2) is 6.61 Å². The molecule has 32 heavy (non-hydrogen) atoms. The van der Waals surface area contributed by atoms with Crippen molar-refractivity contribution in [3.05, 3.63) is 96.6 Å². The fraction of sp³-hybridized carbons (Fsp3) is 0.200. The number of nitrogens with two attached hydrogens (primary N) is 1. The summed E-state index contributed by atoms with van der Waals surface area (Å²) in [6, 6.07) is 31.8. The van der Waals surface area contributed by atoms with Crippen LogP contribution in [0, 0.1) is 12.8 Å².